The lowest BCUT2D eigenvalue weighted by molar-refractivity contribution is 0.0843. The minimum absolute atomic E-state index is 0.0680. The highest BCUT2D eigenvalue weighted by Gasteiger charge is 2.19. The second-order valence-electron chi connectivity index (χ2n) is 6.47. The number of anilines is 1. The molecule has 1 saturated heterocycles. The maximum atomic E-state index is 12.6. The van der Waals surface area contributed by atoms with Gasteiger partial charge < -0.3 is 29.5 Å². The highest BCUT2D eigenvalue weighted by Crippen LogP contribution is 2.21. The van der Waals surface area contributed by atoms with Gasteiger partial charge in [0.05, 0.1) is 25.9 Å². The average Bonchev–Trinajstić information content (AvgIpc) is 2.76. The van der Waals surface area contributed by atoms with Crippen LogP contribution < -0.4 is 19.7 Å². The van der Waals surface area contributed by atoms with Crippen molar-refractivity contribution in [3.63, 3.8) is 0 Å². The molecule has 7 heteroatoms. The van der Waals surface area contributed by atoms with Crippen molar-refractivity contribution in [3.05, 3.63) is 54.1 Å². The van der Waals surface area contributed by atoms with E-state index < -0.39 is 6.10 Å². The van der Waals surface area contributed by atoms with Gasteiger partial charge in [0.1, 0.15) is 24.2 Å². The molecule has 7 nitrogen and oxygen atoms in total. The summed E-state index contributed by atoms with van der Waals surface area (Å²) in [6.45, 7) is 2.97. The van der Waals surface area contributed by atoms with Crippen molar-refractivity contribution >= 4 is 11.6 Å². The SMILES string of the molecule is COc1cccc(OCC(O)CNC(=O)c2ccccc2N2CCOCC2)c1. The van der Waals surface area contributed by atoms with Gasteiger partial charge in [-0.25, -0.2) is 0 Å². The van der Waals surface area contributed by atoms with Gasteiger partial charge in [0.2, 0.25) is 0 Å². The Morgan fingerprint density at radius 2 is 1.93 bits per heavy atom. The van der Waals surface area contributed by atoms with Crippen LogP contribution in [0.4, 0.5) is 5.69 Å². The number of hydrogen-bond donors (Lipinski definition) is 2. The number of para-hydroxylation sites is 1. The van der Waals surface area contributed by atoms with E-state index in [1.54, 1.807) is 25.3 Å². The van der Waals surface area contributed by atoms with Crippen molar-refractivity contribution < 1.29 is 24.1 Å². The van der Waals surface area contributed by atoms with Crippen LogP contribution >= 0.6 is 0 Å². The number of rotatable bonds is 8. The molecule has 2 aromatic rings. The summed E-state index contributed by atoms with van der Waals surface area (Å²) >= 11 is 0. The third-order valence-corrected chi connectivity index (χ3v) is 4.48. The van der Waals surface area contributed by atoms with Gasteiger partial charge in [-0.1, -0.05) is 18.2 Å². The molecule has 28 heavy (non-hydrogen) atoms. The molecule has 150 valence electrons. The molecule has 1 unspecified atom stereocenters. The molecular formula is C21H26N2O5. The fourth-order valence-corrected chi connectivity index (χ4v) is 2.99. The number of amides is 1. The third kappa shape index (κ3) is 5.37. The highest BCUT2D eigenvalue weighted by molar-refractivity contribution is 5.99. The molecule has 1 aliphatic heterocycles. The first-order valence-electron chi connectivity index (χ1n) is 9.32. The number of ether oxygens (including phenoxy) is 3. The maximum absolute atomic E-state index is 12.6. The lowest BCUT2D eigenvalue weighted by Gasteiger charge is -2.30. The largest absolute Gasteiger partial charge is 0.497 e. The number of carbonyl (C=O) groups is 1. The predicted molar refractivity (Wildman–Crippen MR) is 106 cm³/mol. The summed E-state index contributed by atoms with van der Waals surface area (Å²) in [5, 5.41) is 12.9. The summed E-state index contributed by atoms with van der Waals surface area (Å²) in [6.07, 6.45) is -0.828. The predicted octanol–water partition coefficient (Wildman–Crippen LogP) is 1.70. The molecule has 0 bridgehead atoms. The van der Waals surface area contributed by atoms with Crippen LogP contribution in [0.1, 0.15) is 10.4 Å². The standard InChI is InChI=1S/C21H26N2O5/c1-26-17-5-4-6-18(13-17)28-15-16(24)14-22-21(25)19-7-2-3-8-20(19)23-9-11-27-12-10-23/h2-8,13,16,24H,9-12,14-15H2,1H3,(H,22,25). The molecular weight excluding hydrogens is 360 g/mol. The lowest BCUT2D eigenvalue weighted by Crippen LogP contribution is -2.39. The zero-order valence-corrected chi connectivity index (χ0v) is 16.0. The number of aliphatic hydroxyl groups is 1. The quantitative estimate of drug-likeness (QED) is 0.719. The number of aliphatic hydroxyl groups excluding tert-OH is 1. The average molecular weight is 386 g/mol. The van der Waals surface area contributed by atoms with Gasteiger partial charge in [0.25, 0.3) is 5.91 Å². The second kappa shape index (κ2) is 9.96. The van der Waals surface area contributed by atoms with Gasteiger partial charge in [0.15, 0.2) is 0 Å². The number of nitrogens with zero attached hydrogens (tertiary/aromatic N) is 1. The Balaban J connectivity index is 1.52. The van der Waals surface area contributed by atoms with Crippen LogP contribution in [0.5, 0.6) is 11.5 Å². The Morgan fingerprint density at radius 3 is 2.71 bits per heavy atom. The molecule has 0 aliphatic carbocycles. The topological polar surface area (TPSA) is 80.3 Å². The molecule has 0 spiro atoms. The number of methoxy groups -OCH3 is 1. The van der Waals surface area contributed by atoms with Crippen molar-refractivity contribution in [1.82, 2.24) is 5.32 Å². The van der Waals surface area contributed by atoms with E-state index in [2.05, 4.69) is 10.2 Å². The molecule has 1 fully saturated rings. The Morgan fingerprint density at radius 1 is 1.18 bits per heavy atom. The van der Waals surface area contributed by atoms with E-state index in [9.17, 15) is 9.90 Å². The number of hydrogen-bond acceptors (Lipinski definition) is 6. The monoisotopic (exact) mass is 386 g/mol. The zero-order chi connectivity index (χ0) is 19.8. The smallest absolute Gasteiger partial charge is 0.253 e. The summed E-state index contributed by atoms with van der Waals surface area (Å²) in [7, 11) is 1.58. The van der Waals surface area contributed by atoms with Gasteiger partial charge in [-0.2, -0.15) is 0 Å². The van der Waals surface area contributed by atoms with Crippen LogP contribution in [0, 0.1) is 0 Å². The number of morpholine rings is 1. The molecule has 2 N–H and O–H groups in total. The van der Waals surface area contributed by atoms with Crippen molar-refractivity contribution in [2.45, 2.75) is 6.10 Å². The van der Waals surface area contributed by atoms with Gasteiger partial charge >= 0.3 is 0 Å². The second-order valence-corrected chi connectivity index (χ2v) is 6.47. The highest BCUT2D eigenvalue weighted by atomic mass is 16.5. The molecule has 0 saturated carbocycles. The molecule has 3 rings (SSSR count). The van der Waals surface area contributed by atoms with E-state index >= 15 is 0 Å². The first-order valence-corrected chi connectivity index (χ1v) is 9.32. The first-order chi connectivity index (χ1) is 13.7. The summed E-state index contributed by atoms with van der Waals surface area (Å²) in [6, 6.07) is 14.6. The Labute approximate surface area is 164 Å². The van der Waals surface area contributed by atoms with Crippen LogP contribution in [0.3, 0.4) is 0 Å². The minimum Gasteiger partial charge on any atom is -0.497 e. The van der Waals surface area contributed by atoms with Crippen LogP contribution in [0.25, 0.3) is 0 Å². The minimum atomic E-state index is -0.828. The normalized spacial score (nSPS) is 15.0. The fraction of sp³-hybridized carbons (Fsp3) is 0.381. The van der Waals surface area contributed by atoms with Crippen molar-refractivity contribution in [2.75, 3.05) is 51.5 Å². The van der Waals surface area contributed by atoms with Gasteiger partial charge in [-0.15, -0.1) is 0 Å². The first kappa shape index (κ1) is 20.0. The molecule has 1 aliphatic rings. The van der Waals surface area contributed by atoms with Crippen molar-refractivity contribution in [1.29, 1.82) is 0 Å². The fourth-order valence-electron chi connectivity index (χ4n) is 2.99. The molecule has 0 radical (unpaired) electrons. The van der Waals surface area contributed by atoms with E-state index in [-0.39, 0.29) is 19.1 Å². The van der Waals surface area contributed by atoms with E-state index in [0.29, 0.717) is 30.3 Å². The van der Waals surface area contributed by atoms with E-state index in [4.69, 9.17) is 14.2 Å². The van der Waals surface area contributed by atoms with E-state index in [0.717, 1.165) is 18.8 Å². The van der Waals surface area contributed by atoms with Crippen LogP contribution in [-0.4, -0.2) is 63.7 Å². The van der Waals surface area contributed by atoms with Crippen LogP contribution in [0.15, 0.2) is 48.5 Å². The van der Waals surface area contributed by atoms with E-state index in [1.807, 2.05) is 30.3 Å². The van der Waals surface area contributed by atoms with Crippen LogP contribution in [0.2, 0.25) is 0 Å². The van der Waals surface area contributed by atoms with Crippen molar-refractivity contribution in [2.24, 2.45) is 0 Å². The van der Waals surface area contributed by atoms with Gasteiger partial charge in [-0.3, -0.25) is 4.79 Å². The van der Waals surface area contributed by atoms with Gasteiger partial charge in [-0.05, 0) is 24.3 Å². The van der Waals surface area contributed by atoms with Gasteiger partial charge in [0, 0.05) is 31.4 Å². The Kier molecular flexibility index (Phi) is 7.11. The Bertz CT molecular complexity index is 777. The summed E-state index contributed by atoms with van der Waals surface area (Å²) in [5.74, 6) is 1.06. The summed E-state index contributed by atoms with van der Waals surface area (Å²) in [4.78, 5) is 14.8. The lowest BCUT2D eigenvalue weighted by atomic mass is 10.1. The Hall–Kier alpha value is -2.77. The number of benzene rings is 2. The molecule has 0 aromatic heterocycles. The van der Waals surface area contributed by atoms with E-state index in [1.165, 1.54) is 0 Å². The summed E-state index contributed by atoms with van der Waals surface area (Å²) in [5.41, 5.74) is 1.47. The maximum Gasteiger partial charge on any atom is 0.253 e. The summed E-state index contributed by atoms with van der Waals surface area (Å²) < 4.78 is 16.1. The molecule has 1 amide bonds. The van der Waals surface area contributed by atoms with Crippen molar-refractivity contribution in [3.8, 4) is 11.5 Å². The zero-order valence-electron chi connectivity index (χ0n) is 16.0. The number of nitrogens with one attached hydrogen (secondary N) is 1. The number of carbonyl (C=O) groups excluding carboxylic acids is 1. The molecule has 2 aromatic carbocycles. The third-order valence-electron chi connectivity index (χ3n) is 4.48. The molecule has 1 heterocycles. The molecule has 1 atom stereocenters. The van der Waals surface area contributed by atoms with Crippen LogP contribution in [-0.2, 0) is 4.74 Å².